The molecule has 2 aromatic rings. The Morgan fingerprint density at radius 1 is 1.00 bits per heavy atom. The molecule has 2 aromatic carbocycles. The van der Waals surface area contributed by atoms with Crippen molar-refractivity contribution in [3.05, 3.63) is 59.7 Å². The number of carbonyl (C=O) groups is 2. The summed E-state index contributed by atoms with van der Waals surface area (Å²) in [6.07, 6.45) is 0.315. The van der Waals surface area contributed by atoms with Crippen LogP contribution < -0.4 is 14.8 Å². The molecule has 2 unspecified atom stereocenters. The van der Waals surface area contributed by atoms with Crippen molar-refractivity contribution in [3.63, 3.8) is 0 Å². The number of carbonyl (C=O) groups excluding carboxylic acids is 2. The van der Waals surface area contributed by atoms with E-state index < -0.39 is 0 Å². The third kappa shape index (κ3) is 5.02. The Hall–Kier alpha value is -2.51. The van der Waals surface area contributed by atoms with Crippen LogP contribution in [-0.2, 0) is 16.0 Å². The number of nitrogens with one attached hydrogen (secondary N) is 1. The van der Waals surface area contributed by atoms with Gasteiger partial charge >= 0.3 is 0 Å². The molecule has 7 heteroatoms. The molecule has 0 radical (unpaired) electrons. The van der Waals surface area contributed by atoms with Crippen molar-refractivity contribution in [2.75, 3.05) is 20.8 Å². The first-order chi connectivity index (χ1) is 13.1. The SMILES string of the molecule is COc1ccc(C(COc2ccc(CC3SC(=O)NC3=O)cc2)OC)cc1. The summed E-state index contributed by atoms with van der Waals surface area (Å²) in [4.78, 5) is 22.9. The summed E-state index contributed by atoms with van der Waals surface area (Å²) in [7, 11) is 3.28. The van der Waals surface area contributed by atoms with Gasteiger partial charge in [-0.25, -0.2) is 0 Å². The van der Waals surface area contributed by atoms with Crippen LogP contribution in [0.15, 0.2) is 48.5 Å². The molecule has 0 aromatic heterocycles. The van der Waals surface area contributed by atoms with Gasteiger partial charge < -0.3 is 14.2 Å². The molecule has 1 fully saturated rings. The summed E-state index contributed by atoms with van der Waals surface area (Å²) in [5, 5.41) is 1.65. The highest BCUT2D eigenvalue weighted by Crippen LogP contribution is 2.25. The van der Waals surface area contributed by atoms with Crippen LogP contribution in [0.25, 0.3) is 0 Å². The average molecular weight is 387 g/mol. The van der Waals surface area contributed by atoms with Crippen molar-refractivity contribution in [3.8, 4) is 11.5 Å². The van der Waals surface area contributed by atoms with E-state index in [0.717, 1.165) is 28.6 Å². The second kappa shape index (κ2) is 8.92. The molecule has 2 amide bonds. The van der Waals surface area contributed by atoms with Crippen LogP contribution in [0.5, 0.6) is 11.5 Å². The topological polar surface area (TPSA) is 73.9 Å². The van der Waals surface area contributed by atoms with E-state index in [1.807, 2.05) is 48.5 Å². The number of ether oxygens (including phenoxy) is 3. The first-order valence-corrected chi connectivity index (χ1v) is 9.37. The summed E-state index contributed by atoms with van der Waals surface area (Å²) < 4.78 is 16.5. The molecule has 1 N–H and O–H groups in total. The van der Waals surface area contributed by atoms with E-state index in [4.69, 9.17) is 14.2 Å². The van der Waals surface area contributed by atoms with Crippen LogP contribution in [-0.4, -0.2) is 37.2 Å². The standard InChI is InChI=1S/C20H21NO5S/c1-24-15-9-5-14(6-10-15)17(25-2)12-26-16-7-3-13(4-8-16)11-18-19(22)21-20(23)27-18/h3-10,17-18H,11-12H2,1-2H3,(H,21,22,23). The first kappa shape index (κ1) is 19.3. The van der Waals surface area contributed by atoms with Crippen LogP contribution in [0.4, 0.5) is 4.79 Å². The molecular formula is C20H21NO5S. The highest BCUT2D eigenvalue weighted by molar-refractivity contribution is 8.15. The van der Waals surface area contributed by atoms with Crippen molar-refractivity contribution >= 4 is 22.9 Å². The van der Waals surface area contributed by atoms with Crippen molar-refractivity contribution in [2.24, 2.45) is 0 Å². The van der Waals surface area contributed by atoms with Crippen LogP contribution in [0.1, 0.15) is 17.2 Å². The van der Waals surface area contributed by atoms with Gasteiger partial charge in [-0.3, -0.25) is 14.9 Å². The summed E-state index contributed by atoms with van der Waals surface area (Å²) >= 11 is 1.03. The van der Waals surface area contributed by atoms with Gasteiger partial charge in [0.2, 0.25) is 5.91 Å². The summed E-state index contributed by atoms with van der Waals surface area (Å²) in [5.74, 6) is 1.28. The minimum Gasteiger partial charge on any atom is -0.497 e. The number of amides is 2. The van der Waals surface area contributed by atoms with E-state index in [-0.39, 0.29) is 22.5 Å². The maximum Gasteiger partial charge on any atom is 0.286 e. The third-order valence-electron chi connectivity index (χ3n) is 4.28. The lowest BCUT2D eigenvalue weighted by Crippen LogP contribution is -2.25. The largest absolute Gasteiger partial charge is 0.497 e. The molecule has 0 aliphatic carbocycles. The lowest BCUT2D eigenvalue weighted by Gasteiger charge is -2.17. The zero-order valence-electron chi connectivity index (χ0n) is 15.1. The van der Waals surface area contributed by atoms with E-state index in [1.165, 1.54) is 0 Å². The lowest BCUT2D eigenvalue weighted by molar-refractivity contribution is -0.118. The molecule has 27 heavy (non-hydrogen) atoms. The van der Waals surface area contributed by atoms with Gasteiger partial charge in [-0.1, -0.05) is 36.0 Å². The lowest BCUT2D eigenvalue weighted by atomic mass is 10.1. The molecular weight excluding hydrogens is 366 g/mol. The highest BCUT2D eigenvalue weighted by atomic mass is 32.2. The van der Waals surface area contributed by atoms with E-state index in [1.54, 1.807) is 14.2 Å². The average Bonchev–Trinajstić information content (AvgIpc) is 3.01. The van der Waals surface area contributed by atoms with E-state index in [0.29, 0.717) is 18.8 Å². The van der Waals surface area contributed by atoms with Crippen LogP contribution in [0.3, 0.4) is 0 Å². The maximum atomic E-state index is 11.6. The molecule has 142 valence electrons. The molecule has 0 saturated carbocycles. The van der Waals surface area contributed by atoms with Crippen molar-refractivity contribution in [2.45, 2.75) is 17.8 Å². The fourth-order valence-electron chi connectivity index (χ4n) is 2.75. The molecule has 3 rings (SSSR count). The third-order valence-corrected chi connectivity index (χ3v) is 5.27. The Kier molecular flexibility index (Phi) is 6.36. The number of methoxy groups -OCH3 is 2. The molecule has 1 heterocycles. The normalized spacial score (nSPS) is 17.5. The van der Waals surface area contributed by atoms with Gasteiger partial charge in [-0.05, 0) is 41.8 Å². The van der Waals surface area contributed by atoms with Crippen LogP contribution >= 0.6 is 11.8 Å². The van der Waals surface area contributed by atoms with Gasteiger partial charge in [0.05, 0.1) is 12.4 Å². The minimum absolute atomic E-state index is 0.194. The van der Waals surface area contributed by atoms with Crippen LogP contribution in [0, 0.1) is 0 Å². The molecule has 1 saturated heterocycles. The first-order valence-electron chi connectivity index (χ1n) is 8.49. The predicted molar refractivity (Wildman–Crippen MR) is 103 cm³/mol. The van der Waals surface area contributed by atoms with E-state index in [2.05, 4.69) is 5.32 Å². The number of rotatable bonds is 8. The van der Waals surface area contributed by atoms with Crippen molar-refractivity contribution < 1.29 is 23.8 Å². The highest BCUT2D eigenvalue weighted by Gasteiger charge is 2.31. The minimum atomic E-state index is -0.364. The Morgan fingerprint density at radius 3 is 2.22 bits per heavy atom. The zero-order valence-corrected chi connectivity index (χ0v) is 16.0. The molecule has 6 nitrogen and oxygen atoms in total. The second-order valence-electron chi connectivity index (χ2n) is 6.04. The monoisotopic (exact) mass is 387 g/mol. The second-order valence-corrected chi connectivity index (χ2v) is 7.22. The van der Waals surface area contributed by atoms with Crippen molar-refractivity contribution in [1.29, 1.82) is 0 Å². The summed E-state index contributed by atoms with van der Waals surface area (Å²) in [5.41, 5.74) is 1.98. The van der Waals surface area contributed by atoms with Crippen molar-refractivity contribution in [1.82, 2.24) is 5.32 Å². The number of imide groups is 1. The number of thioether (sulfide) groups is 1. The molecule has 0 spiro atoms. The van der Waals surface area contributed by atoms with Gasteiger partial charge in [-0.15, -0.1) is 0 Å². The van der Waals surface area contributed by atoms with Crippen LogP contribution in [0.2, 0.25) is 0 Å². The predicted octanol–water partition coefficient (Wildman–Crippen LogP) is 3.36. The number of hydrogen-bond acceptors (Lipinski definition) is 6. The maximum absolute atomic E-state index is 11.6. The van der Waals surface area contributed by atoms with Gasteiger partial charge in [0.15, 0.2) is 0 Å². The Labute approximate surface area is 162 Å². The smallest absolute Gasteiger partial charge is 0.286 e. The van der Waals surface area contributed by atoms with Gasteiger partial charge in [0.1, 0.15) is 24.2 Å². The fourth-order valence-corrected chi connectivity index (χ4v) is 3.61. The quantitative estimate of drug-likeness (QED) is 0.749. The Morgan fingerprint density at radius 2 is 1.67 bits per heavy atom. The van der Waals surface area contributed by atoms with Gasteiger partial charge in [0, 0.05) is 7.11 Å². The van der Waals surface area contributed by atoms with Gasteiger partial charge in [-0.2, -0.15) is 0 Å². The molecule has 2 atom stereocenters. The van der Waals surface area contributed by atoms with E-state index in [9.17, 15) is 9.59 Å². The zero-order chi connectivity index (χ0) is 19.2. The molecule has 1 aliphatic rings. The summed E-state index contributed by atoms with van der Waals surface area (Å²) in [6.45, 7) is 0.373. The Bertz CT molecular complexity index is 791. The fraction of sp³-hybridized carbons (Fsp3) is 0.300. The summed E-state index contributed by atoms with van der Waals surface area (Å²) in [6, 6.07) is 15.2. The molecule has 1 aliphatic heterocycles. The molecule has 0 bridgehead atoms. The Balaban J connectivity index is 1.55. The number of hydrogen-bond donors (Lipinski definition) is 1. The van der Waals surface area contributed by atoms with Gasteiger partial charge in [0.25, 0.3) is 5.24 Å². The van der Waals surface area contributed by atoms with E-state index >= 15 is 0 Å². The number of benzene rings is 2.